The van der Waals surface area contributed by atoms with E-state index in [0.717, 1.165) is 40.9 Å². The molecule has 0 aliphatic carbocycles. The average Bonchev–Trinajstić information content (AvgIpc) is 2.75. The molecule has 5 heteroatoms. The number of aliphatic hydroxyl groups excluding tert-OH is 1. The molecule has 2 heterocycles. The molecular formula is C12H12BrN3O. The Morgan fingerprint density at radius 1 is 1.24 bits per heavy atom. The molecule has 0 radical (unpaired) electrons. The number of aliphatic hydroxyl groups is 1. The van der Waals surface area contributed by atoms with Gasteiger partial charge in [0.15, 0.2) is 5.82 Å². The second kappa shape index (κ2) is 4.23. The van der Waals surface area contributed by atoms with Crippen molar-refractivity contribution < 1.29 is 5.11 Å². The van der Waals surface area contributed by atoms with Crippen LogP contribution in [0.25, 0.3) is 11.4 Å². The van der Waals surface area contributed by atoms with Crippen LogP contribution in [0.3, 0.4) is 0 Å². The highest BCUT2D eigenvalue weighted by Gasteiger charge is 2.23. The highest BCUT2D eigenvalue weighted by Crippen LogP contribution is 2.28. The molecule has 1 aromatic heterocycles. The minimum atomic E-state index is -0.493. The average molecular weight is 294 g/mol. The van der Waals surface area contributed by atoms with Gasteiger partial charge in [-0.25, -0.2) is 0 Å². The molecule has 0 bridgehead atoms. The van der Waals surface area contributed by atoms with E-state index in [-0.39, 0.29) is 0 Å². The smallest absolute Gasteiger partial charge is 0.166 e. The second-order valence-electron chi connectivity index (χ2n) is 4.19. The number of nitrogens with zero attached hydrogens (tertiary/aromatic N) is 3. The van der Waals surface area contributed by atoms with Crippen molar-refractivity contribution in [3.05, 3.63) is 34.6 Å². The van der Waals surface area contributed by atoms with Gasteiger partial charge in [0.1, 0.15) is 12.1 Å². The maximum atomic E-state index is 10.0. The van der Waals surface area contributed by atoms with Gasteiger partial charge in [0.2, 0.25) is 0 Å². The van der Waals surface area contributed by atoms with Crippen molar-refractivity contribution in [1.29, 1.82) is 0 Å². The van der Waals surface area contributed by atoms with Crippen molar-refractivity contribution >= 4 is 15.9 Å². The Hall–Kier alpha value is -1.20. The molecule has 88 valence electrons. The lowest BCUT2D eigenvalue weighted by Gasteiger charge is -2.21. The van der Waals surface area contributed by atoms with E-state index in [4.69, 9.17) is 0 Å². The predicted molar refractivity (Wildman–Crippen MR) is 67.4 cm³/mol. The number of hydrogen-bond donors (Lipinski definition) is 1. The SMILES string of the molecule is OC1CCCc2nnc(-c3ccc(Br)cc3)n21. The van der Waals surface area contributed by atoms with Gasteiger partial charge in [0.05, 0.1) is 0 Å². The fourth-order valence-electron chi connectivity index (χ4n) is 2.17. The molecular weight excluding hydrogens is 282 g/mol. The third kappa shape index (κ3) is 1.89. The van der Waals surface area contributed by atoms with Crippen LogP contribution in [0.2, 0.25) is 0 Å². The number of halogens is 1. The quantitative estimate of drug-likeness (QED) is 0.879. The van der Waals surface area contributed by atoms with Crippen molar-refractivity contribution in [3.63, 3.8) is 0 Å². The van der Waals surface area contributed by atoms with Gasteiger partial charge in [0.25, 0.3) is 0 Å². The molecule has 1 aliphatic rings. The fourth-order valence-corrected chi connectivity index (χ4v) is 2.44. The van der Waals surface area contributed by atoms with Gasteiger partial charge >= 0.3 is 0 Å². The van der Waals surface area contributed by atoms with Crippen molar-refractivity contribution in [1.82, 2.24) is 14.8 Å². The van der Waals surface area contributed by atoms with Gasteiger partial charge in [-0.3, -0.25) is 4.57 Å². The molecule has 1 atom stereocenters. The van der Waals surface area contributed by atoms with Crippen LogP contribution in [-0.2, 0) is 6.42 Å². The summed E-state index contributed by atoms with van der Waals surface area (Å²) in [6, 6.07) is 7.88. The monoisotopic (exact) mass is 293 g/mol. The molecule has 0 spiro atoms. The first-order valence-corrected chi connectivity index (χ1v) is 6.43. The first-order chi connectivity index (χ1) is 8.25. The Morgan fingerprint density at radius 2 is 2.00 bits per heavy atom. The van der Waals surface area contributed by atoms with Gasteiger partial charge in [0, 0.05) is 16.5 Å². The minimum absolute atomic E-state index is 0.493. The molecule has 1 N–H and O–H groups in total. The van der Waals surface area contributed by atoms with Gasteiger partial charge in [-0.05, 0) is 25.0 Å². The lowest BCUT2D eigenvalue weighted by atomic mass is 10.1. The van der Waals surface area contributed by atoms with Crippen LogP contribution in [0.1, 0.15) is 24.9 Å². The predicted octanol–water partition coefficient (Wildman–Crippen LogP) is 2.53. The summed E-state index contributed by atoms with van der Waals surface area (Å²) in [4.78, 5) is 0. The van der Waals surface area contributed by atoms with Crippen LogP contribution < -0.4 is 0 Å². The maximum absolute atomic E-state index is 10.0. The summed E-state index contributed by atoms with van der Waals surface area (Å²) in [6.07, 6.45) is 2.14. The van der Waals surface area contributed by atoms with Gasteiger partial charge in [-0.1, -0.05) is 28.1 Å². The summed E-state index contributed by atoms with van der Waals surface area (Å²) in [6.45, 7) is 0. The standard InChI is InChI=1S/C12H12BrN3O/c13-9-6-4-8(5-7-9)12-15-14-10-2-1-3-11(17)16(10)12/h4-7,11,17H,1-3H2. The Morgan fingerprint density at radius 3 is 2.76 bits per heavy atom. The third-order valence-electron chi connectivity index (χ3n) is 3.03. The molecule has 2 aromatic rings. The van der Waals surface area contributed by atoms with E-state index in [2.05, 4.69) is 26.1 Å². The van der Waals surface area contributed by atoms with Crippen LogP contribution in [0, 0.1) is 0 Å². The van der Waals surface area contributed by atoms with Crippen molar-refractivity contribution in [2.24, 2.45) is 0 Å². The highest BCUT2D eigenvalue weighted by atomic mass is 79.9. The Balaban J connectivity index is 2.09. The Labute approximate surface area is 107 Å². The third-order valence-corrected chi connectivity index (χ3v) is 3.56. The van der Waals surface area contributed by atoms with Crippen LogP contribution in [0.5, 0.6) is 0 Å². The Bertz CT molecular complexity index is 535. The van der Waals surface area contributed by atoms with E-state index in [1.54, 1.807) is 0 Å². The van der Waals surface area contributed by atoms with Crippen molar-refractivity contribution in [2.75, 3.05) is 0 Å². The number of fused-ring (bicyclic) bond motifs is 1. The molecule has 1 unspecified atom stereocenters. The molecule has 1 aliphatic heterocycles. The molecule has 3 rings (SSSR count). The number of benzene rings is 1. The van der Waals surface area contributed by atoms with Crippen LogP contribution >= 0.6 is 15.9 Å². The summed E-state index contributed by atoms with van der Waals surface area (Å²) in [5, 5.41) is 18.4. The van der Waals surface area contributed by atoms with E-state index in [1.165, 1.54) is 0 Å². The van der Waals surface area contributed by atoms with Gasteiger partial charge < -0.3 is 5.11 Å². The zero-order valence-electron chi connectivity index (χ0n) is 9.17. The summed E-state index contributed by atoms with van der Waals surface area (Å²) in [5.41, 5.74) is 0.980. The molecule has 1 aromatic carbocycles. The molecule has 0 saturated heterocycles. The maximum Gasteiger partial charge on any atom is 0.166 e. The lowest BCUT2D eigenvalue weighted by Crippen LogP contribution is -2.18. The van der Waals surface area contributed by atoms with Crippen LogP contribution in [0.4, 0.5) is 0 Å². The largest absolute Gasteiger partial charge is 0.373 e. The lowest BCUT2D eigenvalue weighted by molar-refractivity contribution is 0.0796. The normalized spacial score (nSPS) is 19.1. The van der Waals surface area contributed by atoms with Crippen LogP contribution in [0.15, 0.2) is 28.7 Å². The number of rotatable bonds is 1. The molecule has 0 amide bonds. The van der Waals surface area contributed by atoms with E-state index >= 15 is 0 Å². The first-order valence-electron chi connectivity index (χ1n) is 5.63. The summed E-state index contributed by atoms with van der Waals surface area (Å²) in [7, 11) is 0. The Kier molecular flexibility index (Phi) is 2.72. The number of aryl methyl sites for hydroxylation is 1. The van der Waals surface area contributed by atoms with Crippen molar-refractivity contribution in [2.45, 2.75) is 25.5 Å². The number of hydrogen-bond acceptors (Lipinski definition) is 3. The topological polar surface area (TPSA) is 50.9 Å². The van der Waals surface area contributed by atoms with Gasteiger partial charge in [-0.15, -0.1) is 10.2 Å². The minimum Gasteiger partial charge on any atom is -0.373 e. The zero-order chi connectivity index (χ0) is 11.8. The first kappa shape index (κ1) is 10.9. The molecule has 17 heavy (non-hydrogen) atoms. The van der Waals surface area contributed by atoms with Crippen molar-refractivity contribution in [3.8, 4) is 11.4 Å². The second-order valence-corrected chi connectivity index (χ2v) is 5.11. The highest BCUT2D eigenvalue weighted by molar-refractivity contribution is 9.10. The van der Waals surface area contributed by atoms with Crippen LogP contribution in [-0.4, -0.2) is 19.9 Å². The fraction of sp³-hybridized carbons (Fsp3) is 0.333. The number of aromatic nitrogens is 3. The summed E-state index contributed by atoms with van der Waals surface area (Å²) >= 11 is 3.40. The van der Waals surface area contributed by atoms with E-state index in [9.17, 15) is 5.11 Å². The summed E-state index contributed by atoms with van der Waals surface area (Å²) < 4.78 is 2.87. The van der Waals surface area contributed by atoms with E-state index in [1.807, 2.05) is 28.8 Å². The zero-order valence-corrected chi connectivity index (χ0v) is 10.8. The molecule has 4 nitrogen and oxygen atoms in total. The molecule has 0 fully saturated rings. The van der Waals surface area contributed by atoms with Gasteiger partial charge in [-0.2, -0.15) is 0 Å². The molecule has 0 saturated carbocycles. The van der Waals surface area contributed by atoms with E-state index < -0.39 is 6.23 Å². The summed E-state index contributed by atoms with van der Waals surface area (Å²) in [5.74, 6) is 1.63. The van der Waals surface area contributed by atoms with E-state index in [0.29, 0.717) is 0 Å².